The van der Waals surface area contributed by atoms with E-state index in [2.05, 4.69) is 15.5 Å². The van der Waals surface area contributed by atoms with Gasteiger partial charge in [-0.05, 0) is 83.1 Å². The molecule has 8 heteroatoms. The highest BCUT2D eigenvalue weighted by Gasteiger charge is 2.45. The molecule has 8 nitrogen and oxygen atoms in total. The summed E-state index contributed by atoms with van der Waals surface area (Å²) in [5.74, 6) is 1.14. The summed E-state index contributed by atoms with van der Waals surface area (Å²) in [6.45, 7) is 7.93. The molecule has 2 aliphatic heterocycles. The second kappa shape index (κ2) is 13.0. The maximum atomic E-state index is 13.5. The molecule has 2 heterocycles. The van der Waals surface area contributed by atoms with Crippen LogP contribution in [-0.2, 0) is 20.7 Å². The molecule has 1 aromatic rings. The number of ether oxygens (including phenoxy) is 2. The standard InChI is InChI=1S/C33H51N3O5/c1-32(2,3)35-30(38)28-19-24-12-7-8-13-25(24)21-36(28)22-29(37)27(18-23-10-5-4-6-11-23)34-31(39)41-26-14-16-33(20-26)15-9-17-40-33/h4-6,10-11,24-29,37H,7-9,12-22H2,1-3H3,(H,34,39)(H,35,38)/t24-,25+,26+,27-,28-,29+,33?/m0/s1. The van der Waals surface area contributed by atoms with Crippen LogP contribution in [0.4, 0.5) is 4.79 Å². The van der Waals surface area contributed by atoms with E-state index in [1.165, 1.54) is 25.7 Å². The molecule has 41 heavy (non-hydrogen) atoms. The van der Waals surface area contributed by atoms with Crippen LogP contribution in [0, 0.1) is 11.8 Å². The number of rotatable bonds is 8. The van der Waals surface area contributed by atoms with Crippen LogP contribution in [0.1, 0.15) is 90.5 Å². The minimum Gasteiger partial charge on any atom is -0.446 e. The summed E-state index contributed by atoms with van der Waals surface area (Å²) < 4.78 is 11.9. The van der Waals surface area contributed by atoms with Gasteiger partial charge in [-0.2, -0.15) is 0 Å². The summed E-state index contributed by atoms with van der Waals surface area (Å²) in [6, 6.07) is 9.10. The Morgan fingerprint density at radius 3 is 2.56 bits per heavy atom. The highest BCUT2D eigenvalue weighted by atomic mass is 16.6. The first-order chi connectivity index (χ1) is 19.6. The molecule has 0 bridgehead atoms. The number of hydrogen-bond acceptors (Lipinski definition) is 6. The Balaban J connectivity index is 1.27. The van der Waals surface area contributed by atoms with E-state index in [1.54, 1.807) is 0 Å². The maximum absolute atomic E-state index is 13.5. The number of piperidine rings is 1. The molecular formula is C33H51N3O5. The zero-order chi connectivity index (χ0) is 29.0. The largest absolute Gasteiger partial charge is 0.446 e. The Bertz CT molecular complexity index is 1020. The number of β-amino-alcohol motifs (C(OH)–C–C–N with tert-alkyl or cyclic N) is 1. The van der Waals surface area contributed by atoms with Crippen molar-refractivity contribution in [1.82, 2.24) is 15.5 Å². The molecule has 1 aromatic carbocycles. The minimum atomic E-state index is -0.860. The molecule has 5 rings (SSSR count). The summed E-state index contributed by atoms with van der Waals surface area (Å²) >= 11 is 0. The molecule has 2 saturated carbocycles. The average Bonchev–Trinajstić information content (AvgIpc) is 3.56. The van der Waals surface area contributed by atoms with Crippen molar-refractivity contribution < 1.29 is 24.2 Å². The molecule has 2 saturated heterocycles. The van der Waals surface area contributed by atoms with E-state index in [0.717, 1.165) is 57.2 Å². The summed E-state index contributed by atoms with van der Waals surface area (Å²) in [5, 5.41) is 17.9. The predicted octanol–water partition coefficient (Wildman–Crippen LogP) is 4.58. The van der Waals surface area contributed by atoms with Crippen LogP contribution in [0.25, 0.3) is 0 Å². The Morgan fingerprint density at radius 1 is 1.10 bits per heavy atom. The van der Waals surface area contributed by atoms with Gasteiger partial charge in [-0.1, -0.05) is 49.6 Å². The van der Waals surface area contributed by atoms with Crippen molar-refractivity contribution in [1.29, 1.82) is 0 Å². The molecule has 228 valence electrons. The van der Waals surface area contributed by atoms with Crippen LogP contribution in [-0.4, -0.2) is 77.1 Å². The number of hydrogen-bond donors (Lipinski definition) is 3. The van der Waals surface area contributed by atoms with Crippen molar-refractivity contribution in [2.24, 2.45) is 11.8 Å². The number of benzene rings is 1. The highest BCUT2D eigenvalue weighted by Crippen LogP contribution is 2.42. The van der Waals surface area contributed by atoms with Crippen molar-refractivity contribution in [3.05, 3.63) is 35.9 Å². The van der Waals surface area contributed by atoms with Crippen molar-refractivity contribution in [2.45, 2.75) is 127 Å². The van der Waals surface area contributed by atoms with Crippen LogP contribution in [0.2, 0.25) is 0 Å². The van der Waals surface area contributed by atoms with Crippen LogP contribution >= 0.6 is 0 Å². The highest BCUT2D eigenvalue weighted by molar-refractivity contribution is 5.82. The van der Waals surface area contributed by atoms with Gasteiger partial charge in [-0.3, -0.25) is 9.69 Å². The molecule has 2 aliphatic carbocycles. The van der Waals surface area contributed by atoms with Crippen molar-refractivity contribution in [2.75, 3.05) is 19.7 Å². The lowest BCUT2D eigenvalue weighted by Crippen LogP contribution is -2.60. The zero-order valence-electron chi connectivity index (χ0n) is 25.3. The van der Waals surface area contributed by atoms with E-state index in [4.69, 9.17) is 9.47 Å². The van der Waals surface area contributed by atoms with Crippen molar-refractivity contribution in [3.63, 3.8) is 0 Å². The second-order valence-electron chi connectivity index (χ2n) is 14.2. The van der Waals surface area contributed by atoms with Crippen molar-refractivity contribution >= 4 is 12.0 Å². The number of nitrogens with zero attached hydrogens (tertiary/aromatic N) is 1. The zero-order valence-corrected chi connectivity index (χ0v) is 25.3. The first-order valence-electron chi connectivity index (χ1n) is 16.0. The number of carbonyl (C=O) groups is 2. The number of aliphatic hydroxyl groups is 1. The lowest BCUT2D eigenvalue weighted by atomic mass is 9.72. The lowest BCUT2D eigenvalue weighted by Gasteiger charge is -2.47. The Hall–Kier alpha value is -2.16. The number of amides is 2. The van der Waals surface area contributed by atoms with Crippen LogP contribution in [0.5, 0.6) is 0 Å². The van der Waals surface area contributed by atoms with Gasteiger partial charge in [0.05, 0.1) is 23.8 Å². The van der Waals surface area contributed by atoms with Gasteiger partial charge >= 0.3 is 6.09 Å². The summed E-state index contributed by atoms with van der Waals surface area (Å²) in [6.07, 6.45) is 9.18. The molecule has 7 atom stereocenters. The smallest absolute Gasteiger partial charge is 0.407 e. The molecule has 4 aliphatic rings. The average molecular weight is 570 g/mol. The summed E-state index contributed by atoms with van der Waals surface area (Å²) in [5.41, 5.74) is 0.583. The molecule has 0 aromatic heterocycles. The molecule has 1 spiro atoms. The van der Waals surface area contributed by atoms with Gasteiger partial charge in [0.1, 0.15) is 6.10 Å². The first-order valence-corrected chi connectivity index (χ1v) is 16.0. The predicted molar refractivity (Wildman–Crippen MR) is 158 cm³/mol. The fraction of sp³-hybridized carbons (Fsp3) is 0.758. The van der Waals surface area contributed by atoms with Crippen LogP contribution < -0.4 is 10.6 Å². The van der Waals surface area contributed by atoms with Gasteiger partial charge in [0, 0.05) is 31.7 Å². The van der Waals surface area contributed by atoms with E-state index < -0.39 is 18.2 Å². The third-order valence-corrected chi connectivity index (χ3v) is 9.77. The Labute approximate surface area is 245 Å². The van der Waals surface area contributed by atoms with E-state index in [9.17, 15) is 14.7 Å². The monoisotopic (exact) mass is 569 g/mol. The Morgan fingerprint density at radius 2 is 1.85 bits per heavy atom. The molecule has 0 radical (unpaired) electrons. The van der Waals surface area contributed by atoms with Gasteiger partial charge in [-0.15, -0.1) is 0 Å². The van der Waals surface area contributed by atoms with Gasteiger partial charge < -0.3 is 25.2 Å². The first kappa shape index (κ1) is 30.3. The lowest BCUT2D eigenvalue weighted by molar-refractivity contribution is -0.132. The minimum absolute atomic E-state index is 0.0324. The fourth-order valence-electron chi connectivity index (χ4n) is 7.74. The van der Waals surface area contributed by atoms with Gasteiger partial charge in [0.15, 0.2) is 0 Å². The summed E-state index contributed by atoms with van der Waals surface area (Å²) in [7, 11) is 0. The number of alkyl carbamates (subject to hydrolysis) is 1. The second-order valence-corrected chi connectivity index (χ2v) is 14.2. The number of likely N-dealkylation sites (tertiary alicyclic amines) is 1. The number of nitrogens with one attached hydrogen (secondary N) is 2. The maximum Gasteiger partial charge on any atom is 0.407 e. The van der Waals surface area contributed by atoms with E-state index in [-0.39, 0.29) is 29.2 Å². The molecule has 1 unspecified atom stereocenters. The number of fused-ring (bicyclic) bond motifs is 1. The molecule has 3 N–H and O–H groups in total. The van der Waals surface area contributed by atoms with Crippen LogP contribution in [0.15, 0.2) is 30.3 Å². The van der Waals surface area contributed by atoms with Crippen molar-refractivity contribution in [3.8, 4) is 0 Å². The number of aliphatic hydroxyl groups excluding tert-OH is 1. The van der Waals surface area contributed by atoms with E-state index in [0.29, 0.717) is 24.8 Å². The Kier molecular flexibility index (Phi) is 9.61. The normalized spacial score (nSPS) is 31.8. The van der Waals surface area contributed by atoms with Gasteiger partial charge in [-0.25, -0.2) is 4.79 Å². The molecular weight excluding hydrogens is 518 g/mol. The topological polar surface area (TPSA) is 100 Å². The quantitative estimate of drug-likeness (QED) is 0.424. The third-order valence-electron chi connectivity index (χ3n) is 9.77. The molecule has 4 fully saturated rings. The van der Waals surface area contributed by atoms with E-state index in [1.807, 2.05) is 51.1 Å². The molecule has 2 amide bonds. The number of carbonyl (C=O) groups excluding carboxylic acids is 2. The van der Waals surface area contributed by atoms with E-state index >= 15 is 0 Å². The SMILES string of the molecule is CC(C)(C)NC(=O)[C@@H]1C[C@@H]2CCCC[C@@H]2CN1C[C@@H](O)[C@H](Cc1ccccc1)NC(=O)O[C@@H]1CCC2(CCCO2)C1. The summed E-state index contributed by atoms with van der Waals surface area (Å²) in [4.78, 5) is 28.8. The van der Waals surface area contributed by atoms with Gasteiger partial charge in [0.25, 0.3) is 0 Å². The fourth-order valence-corrected chi connectivity index (χ4v) is 7.74. The van der Waals surface area contributed by atoms with Crippen LogP contribution in [0.3, 0.4) is 0 Å². The third kappa shape index (κ3) is 8.02. The van der Waals surface area contributed by atoms with Gasteiger partial charge in [0.2, 0.25) is 5.91 Å².